The summed E-state index contributed by atoms with van der Waals surface area (Å²) in [6.45, 7) is 10.8. The Labute approximate surface area is 233 Å². The van der Waals surface area contributed by atoms with Crippen molar-refractivity contribution in [2.75, 3.05) is 6.61 Å². The predicted molar refractivity (Wildman–Crippen MR) is 156 cm³/mol. The van der Waals surface area contributed by atoms with Crippen molar-refractivity contribution in [1.82, 2.24) is 10.6 Å². The molecule has 0 radical (unpaired) electrons. The number of aliphatic hydroxyl groups is 2. The van der Waals surface area contributed by atoms with E-state index < -0.39 is 59.5 Å². The number of benzene rings is 2. The van der Waals surface area contributed by atoms with E-state index in [2.05, 4.69) is 10.6 Å². The van der Waals surface area contributed by atoms with E-state index in [1.165, 1.54) is 0 Å². The molecule has 2 rings (SSSR count). The van der Waals surface area contributed by atoms with Crippen LogP contribution < -0.4 is 22.1 Å². The summed E-state index contributed by atoms with van der Waals surface area (Å²) in [5.41, 5.74) is 13.3. The number of hydrogen-bond acceptors (Lipinski definition) is 6. The zero-order valence-corrected chi connectivity index (χ0v) is 24.2. The van der Waals surface area contributed by atoms with E-state index in [1.54, 1.807) is 0 Å². The number of carbonyl (C=O) groups excluding carboxylic acids is 2. The Morgan fingerprint density at radius 1 is 0.718 bits per heavy atom. The fourth-order valence-electron chi connectivity index (χ4n) is 4.41. The maximum atomic E-state index is 13.2. The molecule has 0 spiro atoms. The number of hydrogen-bond donors (Lipinski definition) is 6. The maximum Gasteiger partial charge on any atom is 0.237 e. The highest BCUT2D eigenvalue weighted by Crippen LogP contribution is 2.23. The minimum absolute atomic E-state index is 0.314. The van der Waals surface area contributed by atoms with Crippen molar-refractivity contribution in [3.8, 4) is 0 Å². The zero-order valence-electron chi connectivity index (χ0n) is 24.2. The van der Waals surface area contributed by atoms with Crippen LogP contribution in [0.25, 0.3) is 0 Å². The summed E-state index contributed by atoms with van der Waals surface area (Å²) in [5, 5.41) is 28.2. The lowest BCUT2D eigenvalue weighted by Gasteiger charge is -2.37. The van der Waals surface area contributed by atoms with Crippen LogP contribution in [0.15, 0.2) is 60.7 Å². The van der Waals surface area contributed by atoms with Gasteiger partial charge in [-0.15, -0.1) is 0 Å². The molecule has 2 aromatic carbocycles. The minimum Gasteiger partial charge on any atom is -0.396 e. The van der Waals surface area contributed by atoms with E-state index in [0.717, 1.165) is 11.1 Å². The van der Waals surface area contributed by atoms with Crippen LogP contribution in [-0.4, -0.2) is 58.9 Å². The molecule has 0 aliphatic heterocycles. The second-order valence-electron chi connectivity index (χ2n) is 12.6. The van der Waals surface area contributed by atoms with Gasteiger partial charge in [0.25, 0.3) is 0 Å². The molecule has 0 saturated carbocycles. The van der Waals surface area contributed by atoms with Gasteiger partial charge in [-0.25, -0.2) is 0 Å². The van der Waals surface area contributed by atoms with Crippen molar-refractivity contribution in [2.45, 2.75) is 84.7 Å². The summed E-state index contributed by atoms with van der Waals surface area (Å²) in [6, 6.07) is 16.0. The number of carbonyl (C=O) groups is 2. The average Bonchev–Trinajstić information content (AvgIpc) is 2.87. The SMILES string of the molecule is CC(C)(C)[C@H](N)C(=O)N[C@@H](Cc1ccccc1)[C@@H](O)[C@H](CO)[C@H](Cc1ccccc1)NC(=O)[C@@H](N)C(C)(C)C. The van der Waals surface area contributed by atoms with Crippen LogP contribution in [-0.2, 0) is 22.4 Å². The first kappa shape index (κ1) is 32.4. The monoisotopic (exact) mass is 540 g/mol. The first-order valence-corrected chi connectivity index (χ1v) is 13.6. The van der Waals surface area contributed by atoms with E-state index in [9.17, 15) is 19.8 Å². The fraction of sp³-hybridized carbons (Fsp3) is 0.548. The van der Waals surface area contributed by atoms with Gasteiger partial charge in [0.15, 0.2) is 0 Å². The molecular weight excluding hydrogens is 492 g/mol. The van der Waals surface area contributed by atoms with E-state index in [4.69, 9.17) is 11.5 Å². The van der Waals surface area contributed by atoms with Crippen LogP contribution in [0.4, 0.5) is 0 Å². The molecule has 2 aromatic rings. The van der Waals surface area contributed by atoms with Crippen molar-refractivity contribution in [2.24, 2.45) is 28.2 Å². The van der Waals surface area contributed by atoms with Crippen molar-refractivity contribution in [3.05, 3.63) is 71.8 Å². The molecule has 2 amide bonds. The zero-order chi connectivity index (χ0) is 29.4. The summed E-state index contributed by atoms with van der Waals surface area (Å²) in [6.07, 6.45) is -0.528. The molecule has 0 unspecified atom stereocenters. The fourth-order valence-corrected chi connectivity index (χ4v) is 4.41. The normalized spacial score (nSPS) is 16.9. The van der Waals surface area contributed by atoms with Gasteiger partial charge in [-0.05, 0) is 34.8 Å². The molecule has 0 aromatic heterocycles. The van der Waals surface area contributed by atoms with Gasteiger partial charge in [0.1, 0.15) is 0 Å². The molecule has 216 valence electrons. The Kier molecular flexibility index (Phi) is 11.7. The molecule has 8 N–H and O–H groups in total. The Morgan fingerprint density at radius 3 is 1.44 bits per heavy atom. The summed E-state index contributed by atoms with van der Waals surface area (Å²) in [5.74, 6) is -1.56. The Bertz CT molecular complexity index is 1030. The first-order chi connectivity index (χ1) is 18.1. The van der Waals surface area contributed by atoms with E-state index in [1.807, 2.05) is 102 Å². The Balaban J connectivity index is 2.43. The number of nitrogens with one attached hydrogen (secondary N) is 2. The van der Waals surface area contributed by atoms with Gasteiger partial charge in [0.2, 0.25) is 11.8 Å². The molecule has 6 atom stereocenters. The molecule has 0 saturated heterocycles. The first-order valence-electron chi connectivity index (χ1n) is 13.6. The minimum atomic E-state index is -1.20. The van der Waals surface area contributed by atoms with E-state index >= 15 is 0 Å². The highest BCUT2D eigenvalue weighted by molar-refractivity contribution is 5.83. The molecule has 0 aliphatic rings. The number of nitrogens with two attached hydrogens (primary N) is 2. The van der Waals surface area contributed by atoms with Crippen LogP contribution in [0.1, 0.15) is 52.7 Å². The summed E-state index contributed by atoms with van der Waals surface area (Å²) in [4.78, 5) is 26.3. The van der Waals surface area contributed by atoms with Crippen LogP contribution in [0.2, 0.25) is 0 Å². The summed E-state index contributed by atoms with van der Waals surface area (Å²) >= 11 is 0. The Hall–Kier alpha value is -2.78. The van der Waals surface area contributed by atoms with Gasteiger partial charge in [0, 0.05) is 12.0 Å². The van der Waals surface area contributed by atoms with Gasteiger partial charge in [-0.2, -0.15) is 0 Å². The third-order valence-electron chi connectivity index (χ3n) is 7.26. The molecule has 0 heterocycles. The van der Waals surface area contributed by atoms with E-state index in [-0.39, 0.29) is 5.91 Å². The van der Waals surface area contributed by atoms with Crippen LogP contribution >= 0.6 is 0 Å². The largest absolute Gasteiger partial charge is 0.396 e. The topological polar surface area (TPSA) is 151 Å². The van der Waals surface area contributed by atoms with Gasteiger partial charge < -0.3 is 32.3 Å². The predicted octanol–water partition coefficient (Wildman–Crippen LogP) is 2.16. The van der Waals surface area contributed by atoms with Crippen molar-refractivity contribution < 1.29 is 19.8 Å². The lowest BCUT2D eigenvalue weighted by atomic mass is 9.82. The number of aliphatic hydroxyl groups excluding tert-OH is 2. The third-order valence-corrected chi connectivity index (χ3v) is 7.26. The van der Waals surface area contributed by atoms with Crippen molar-refractivity contribution >= 4 is 11.8 Å². The quantitative estimate of drug-likeness (QED) is 0.243. The smallest absolute Gasteiger partial charge is 0.237 e. The van der Waals surface area contributed by atoms with Crippen molar-refractivity contribution in [1.29, 1.82) is 0 Å². The molecular formula is C31H48N4O4. The summed E-state index contributed by atoms with van der Waals surface area (Å²) in [7, 11) is 0. The molecule has 0 aliphatic carbocycles. The molecule has 39 heavy (non-hydrogen) atoms. The maximum absolute atomic E-state index is 13.2. The third kappa shape index (κ3) is 9.72. The Morgan fingerprint density at radius 2 is 1.08 bits per heavy atom. The molecule has 8 heteroatoms. The van der Waals surface area contributed by atoms with Gasteiger partial charge in [-0.1, -0.05) is 102 Å². The highest BCUT2D eigenvalue weighted by Gasteiger charge is 2.38. The van der Waals surface area contributed by atoms with Gasteiger partial charge in [0.05, 0.1) is 30.8 Å². The van der Waals surface area contributed by atoms with Crippen LogP contribution in [0.5, 0.6) is 0 Å². The number of amides is 2. The molecule has 0 fully saturated rings. The summed E-state index contributed by atoms with van der Waals surface area (Å²) < 4.78 is 0. The second kappa shape index (κ2) is 14.0. The molecule has 0 bridgehead atoms. The lowest BCUT2D eigenvalue weighted by Crippen LogP contribution is -2.60. The standard InChI is InChI=1S/C31H48N4O4/c1-30(2,3)26(32)28(38)34-23(17-20-13-9-7-10-14-20)22(19-36)25(37)24(18-21-15-11-8-12-16-21)35-29(39)27(33)31(4,5)6/h7-16,22-27,36-37H,17-19,32-33H2,1-6H3,(H,34,38)(H,35,39)/t22-,23+,24+,25+,26-,27-/m1/s1. The van der Waals surface area contributed by atoms with E-state index in [0.29, 0.717) is 12.8 Å². The lowest BCUT2D eigenvalue weighted by molar-refractivity contribution is -0.128. The van der Waals surface area contributed by atoms with Crippen LogP contribution in [0.3, 0.4) is 0 Å². The van der Waals surface area contributed by atoms with Gasteiger partial charge >= 0.3 is 0 Å². The number of rotatable bonds is 12. The molecule has 8 nitrogen and oxygen atoms in total. The van der Waals surface area contributed by atoms with Gasteiger partial charge in [-0.3, -0.25) is 9.59 Å². The average molecular weight is 541 g/mol. The highest BCUT2D eigenvalue weighted by atomic mass is 16.3. The van der Waals surface area contributed by atoms with Crippen molar-refractivity contribution in [3.63, 3.8) is 0 Å². The van der Waals surface area contributed by atoms with Crippen LogP contribution in [0, 0.1) is 16.7 Å². The second-order valence-corrected chi connectivity index (χ2v) is 12.6.